The summed E-state index contributed by atoms with van der Waals surface area (Å²) in [6, 6.07) is 24.8. The van der Waals surface area contributed by atoms with E-state index in [1.807, 2.05) is 73.7 Å². The van der Waals surface area contributed by atoms with Crippen LogP contribution in [0.25, 0.3) is 27.5 Å². The molecule has 5 heteroatoms. The van der Waals surface area contributed by atoms with Crippen LogP contribution in [0.2, 0.25) is 0 Å². The van der Waals surface area contributed by atoms with Crippen LogP contribution in [0.3, 0.4) is 0 Å². The minimum Gasteiger partial charge on any atom is -0.465 e. The highest BCUT2D eigenvalue weighted by molar-refractivity contribution is 6.12. The Hall–Kier alpha value is -4.25. The summed E-state index contributed by atoms with van der Waals surface area (Å²) >= 11 is 0. The molecule has 5 aromatic rings. The first-order valence-electron chi connectivity index (χ1n) is 10.2. The fourth-order valence-electron chi connectivity index (χ4n) is 3.99. The third-order valence-corrected chi connectivity index (χ3v) is 5.63. The highest BCUT2D eigenvalue weighted by atomic mass is 16.5. The van der Waals surface area contributed by atoms with Crippen LogP contribution in [-0.2, 0) is 4.74 Å². The van der Waals surface area contributed by atoms with Crippen molar-refractivity contribution in [2.24, 2.45) is 0 Å². The van der Waals surface area contributed by atoms with Crippen LogP contribution in [0.1, 0.15) is 32.0 Å². The molecule has 5 rings (SSSR count). The number of hydrogen-bond acceptors (Lipinski definition) is 4. The third-order valence-electron chi connectivity index (χ3n) is 5.63. The molecule has 2 heterocycles. The molecule has 0 saturated carbocycles. The van der Waals surface area contributed by atoms with Gasteiger partial charge in [-0.3, -0.25) is 9.20 Å². The van der Waals surface area contributed by atoms with Crippen molar-refractivity contribution < 1.29 is 14.3 Å². The van der Waals surface area contributed by atoms with E-state index in [-0.39, 0.29) is 5.78 Å². The van der Waals surface area contributed by atoms with Gasteiger partial charge in [-0.15, -0.1) is 0 Å². The van der Waals surface area contributed by atoms with E-state index in [0.717, 1.165) is 21.9 Å². The number of rotatable bonds is 4. The average molecular weight is 420 g/mol. The Kier molecular flexibility index (Phi) is 4.79. The number of hydrogen-bond donors (Lipinski definition) is 0. The number of methoxy groups -OCH3 is 1. The zero-order chi connectivity index (χ0) is 22.2. The van der Waals surface area contributed by atoms with E-state index in [4.69, 9.17) is 4.74 Å². The summed E-state index contributed by atoms with van der Waals surface area (Å²) in [5.74, 6) is -0.688. The van der Waals surface area contributed by atoms with E-state index in [1.54, 1.807) is 22.9 Å². The van der Waals surface area contributed by atoms with Crippen LogP contribution < -0.4 is 0 Å². The van der Waals surface area contributed by atoms with E-state index >= 15 is 0 Å². The van der Waals surface area contributed by atoms with Crippen LogP contribution in [-0.4, -0.2) is 28.2 Å². The standard InChI is InChI=1S/C27H20N2O3/c1-17-6-5-9-20(12-17)23-15-24-22(27(31)32-2)14-25(29(24)16-28-23)26(30)21-11-10-18-7-3-4-8-19(18)13-21/h3-16H,1-2H3. The van der Waals surface area contributed by atoms with Gasteiger partial charge in [-0.05, 0) is 42.0 Å². The monoisotopic (exact) mass is 420 g/mol. The van der Waals surface area contributed by atoms with Crippen molar-refractivity contribution in [3.05, 3.63) is 108 Å². The minimum atomic E-state index is -0.499. The molecule has 0 unspecified atom stereocenters. The molecule has 0 N–H and O–H groups in total. The topological polar surface area (TPSA) is 60.7 Å². The lowest BCUT2D eigenvalue weighted by molar-refractivity contribution is 0.0603. The average Bonchev–Trinajstić information content (AvgIpc) is 3.21. The molecular formula is C27H20N2O3. The number of aromatic nitrogens is 2. The van der Waals surface area contributed by atoms with Gasteiger partial charge in [-0.2, -0.15) is 0 Å². The van der Waals surface area contributed by atoms with Gasteiger partial charge in [0.2, 0.25) is 5.78 Å². The van der Waals surface area contributed by atoms with Gasteiger partial charge < -0.3 is 4.74 Å². The second-order valence-electron chi connectivity index (χ2n) is 7.72. The SMILES string of the molecule is COC(=O)c1cc(C(=O)c2ccc3ccccc3c2)n2cnc(-c3cccc(C)c3)cc12. The van der Waals surface area contributed by atoms with E-state index < -0.39 is 5.97 Å². The van der Waals surface area contributed by atoms with Gasteiger partial charge in [-0.25, -0.2) is 9.78 Å². The summed E-state index contributed by atoms with van der Waals surface area (Å²) in [6.45, 7) is 2.01. The highest BCUT2D eigenvalue weighted by Crippen LogP contribution is 2.26. The summed E-state index contributed by atoms with van der Waals surface area (Å²) in [5, 5.41) is 2.04. The van der Waals surface area contributed by atoms with Crippen LogP contribution >= 0.6 is 0 Å². The van der Waals surface area contributed by atoms with E-state index in [1.165, 1.54) is 7.11 Å². The normalized spacial score (nSPS) is 11.1. The molecular weight excluding hydrogens is 400 g/mol. The predicted molar refractivity (Wildman–Crippen MR) is 124 cm³/mol. The molecule has 32 heavy (non-hydrogen) atoms. The van der Waals surface area contributed by atoms with Crippen LogP contribution in [0.15, 0.2) is 85.2 Å². The first-order valence-corrected chi connectivity index (χ1v) is 10.2. The number of carbonyl (C=O) groups is 2. The summed E-state index contributed by atoms with van der Waals surface area (Å²) in [4.78, 5) is 30.5. The van der Waals surface area contributed by atoms with Crippen LogP contribution in [0, 0.1) is 6.92 Å². The third kappa shape index (κ3) is 3.34. The van der Waals surface area contributed by atoms with Gasteiger partial charge in [0.15, 0.2) is 0 Å². The van der Waals surface area contributed by atoms with Crippen molar-refractivity contribution in [2.75, 3.05) is 7.11 Å². The fraction of sp³-hybridized carbons (Fsp3) is 0.0741. The van der Waals surface area contributed by atoms with Crippen LogP contribution in [0.5, 0.6) is 0 Å². The van der Waals surface area contributed by atoms with Crippen molar-refractivity contribution in [3.63, 3.8) is 0 Å². The quantitative estimate of drug-likeness (QED) is 0.285. The molecule has 0 fully saturated rings. The maximum absolute atomic E-state index is 13.4. The second kappa shape index (κ2) is 7.78. The lowest BCUT2D eigenvalue weighted by Crippen LogP contribution is -2.05. The zero-order valence-corrected chi connectivity index (χ0v) is 17.7. The number of benzene rings is 3. The molecule has 5 nitrogen and oxygen atoms in total. The number of ether oxygens (including phenoxy) is 1. The van der Waals surface area contributed by atoms with Gasteiger partial charge in [-0.1, -0.05) is 60.2 Å². The van der Waals surface area contributed by atoms with Crippen molar-refractivity contribution in [2.45, 2.75) is 6.92 Å². The molecule has 0 saturated heterocycles. The number of esters is 1. The lowest BCUT2D eigenvalue weighted by atomic mass is 10.0. The number of aryl methyl sites for hydroxylation is 1. The van der Waals surface area contributed by atoms with E-state index in [2.05, 4.69) is 4.98 Å². The lowest BCUT2D eigenvalue weighted by Gasteiger charge is -2.07. The van der Waals surface area contributed by atoms with Gasteiger partial charge in [0.05, 0.1) is 29.6 Å². The fourth-order valence-corrected chi connectivity index (χ4v) is 3.99. The van der Waals surface area contributed by atoms with Crippen molar-refractivity contribution >= 4 is 28.0 Å². The summed E-state index contributed by atoms with van der Waals surface area (Å²) in [5.41, 5.74) is 4.57. The second-order valence-corrected chi connectivity index (χ2v) is 7.72. The maximum atomic E-state index is 13.4. The summed E-state index contributed by atoms with van der Waals surface area (Å²) < 4.78 is 6.64. The molecule has 0 radical (unpaired) electrons. The Bertz CT molecular complexity index is 1510. The van der Waals surface area contributed by atoms with E-state index in [0.29, 0.717) is 28.0 Å². The summed E-state index contributed by atoms with van der Waals surface area (Å²) in [6.07, 6.45) is 1.59. The number of nitrogens with zero attached hydrogens (tertiary/aromatic N) is 2. The predicted octanol–water partition coefficient (Wildman–Crippen LogP) is 5.48. The molecule has 0 spiro atoms. The van der Waals surface area contributed by atoms with Crippen molar-refractivity contribution in [1.82, 2.24) is 9.38 Å². The summed E-state index contributed by atoms with van der Waals surface area (Å²) in [7, 11) is 1.33. The maximum Gasteiger partial charge on any atom is 0.340 e. The Balaban J connectivity index is 1.67. The molecule has 3 aromatic carbocycles. The zero-order valence-electron chi connectivity index (χ0n) is 17.7. The smallest absolute Gasteiger partial charge is 0.340 e. The molecule has 0 aliphatic carbocycles. The molecule has 0 atom stereocenters. The molecule has 0 amide bonds. The van der Waals surface area contributed by atoms with Gasteiger partial charge in [0.25, 0.3) is 0 Å². The molecule has 0 aliphatic heterocycles. The largest absolute Gasteiger partial charge is 0.465 e. The molecule has 0 bridgehead atoms. The van der Waals surface area contributed by atoms with Gasteiger partial charge >= 0.3 is 5.97 Å². The van der Waals surface area contributed by atoms with Crippen molar-refractivity contribution in [1.29, 1.82) is 0 Å². The Morgan fingerprint density at radius 1 is 0.875 bits per heavy atom. The first-order chi connectivity index (χ1) is 15.5. The highest BCUT2D eigenvalue weighted by Gasteiger charge is 2.22. The number of fused-ring (bicyclic) bond motifs is 2. The van der Waals surface area contributed by atoms with Gasteiger partial charge in [0.1, 0.15) is 6.33 Å². The molecule has 0 aliphatic rings. The first kappa shape index (κ1) is 19.7. The van der Waals surface area contributed by atoms with Gasteiger partial charge in [0, 0.05) is 11.1 Å². The Labute approximate surface area is 184 Å². The minimum absolute atomic E-state index is 0.189. The van der Waals surface area contributed by atoms with E-state index in [9.17, 15) is 9.59 Å². The Morgan fingerprint density at radius 3 is 2.47 bits per heavy atom. The number of ketones is 1. The molecule has 156 valence electrons. The Morgan fingerprint density at radius 2 is 1.69 bits per heavy atom. The molecule has 2 aromatic heterocycles. The van der Waals surface area contributed by atoms with Crippen molar-refractivity contribution in [3.8, 4) is 11.3 Å². The van der Waals surface area contributed by atoms with Crippen LogP contribution in [0.4, 0.5) is 0 Å². The number of carbonyl (C=O) groups excluding carboxylic acids is 2.